The Balaban J connectivity index is 1.78. The van der Waals surface area contributed by atoms with E-state index in [9.17, 15) is 4.79 Å². The van der Waals surface area contributed by atoms with Crippen molar-refractivity contribution < 1.29 is 4.79 Å². The summed E-state index contributed by atoms with van der Waals surface area (Å²) in [5.74, 6) is 1.65. The first kappa shape index (κ1) is 9.81. The van der Waals surface area contributed by atoms with Gasteiger partial charge in [-0.3, -0.25) is 0 Å². The Hall–Kier alpha value is -0.730. The maximum absolute atomic E-state index is 11.5. The summed E-state index contributed by atoms with van der Waals surface area (Å²) in [7, 11) is 0. The number of hydrogen-bond acceptors (Lipinski definition) is 1. The summed E-state index contributed by atoms with van der Waals surface area (Å²) in [4.78, 5) is 11.5. The van der Waals surface area contributed by atoms with E-state index in [1.165, 1.54) is 25.7 Å². The van der Waals surface area contributed by atoms with Crippen molar-refractivity contribution >= 4 is 6.03 Å². The molecule has 2 aliphatic carbocycles. The molecule has 3 unspecified atom stereocenters. The molecule has 2 saturated carbocycles. The molecule has 0 heterocycles. The number of fused-ring (bicyclic) bond motifs is 2. The molecule has 2 rings (SSSR count). The summed E-state index contributed by atoms with van der Waals surface area (Å²) < 4.78 is 0. The molecule has 2 N–H and O–H groups in total. The van der Waals surface area contributed by atoms with E-state index in [1.807, 2.05) is 13.8 Å². The molecule has 0 aromatic rings. The molecular formula is C11H20N2O. The standard InChI is InChI=1S/C11H20N2O/c1-7(2)12-11(14)13-10-6-8-3-4-9(10)5-8/h7-10H,3-6H2,1-2H3,(H2,12,13,14). The third kappa shape index (κ3) is 2.02. The van der Waals surface area contributed by atoms with Crippen molar-refractivity contribution in [2.45, 2.75) is 51.6 Å². The van der Waals surface area contributed by atoms with Crippen LogP contribution in [0.5, 0.6) is 0 Å². The highest BCUT2D eigenvalue weighted by Gasteiger charge is 2.40. The Morgan fingerprint density at radius 3 is 2.57 bits per heavy atom. The monoisotopic (exact) mass is 196 g/mol. The summed E-state index contributed by atoms with van der Waals surface area (Å²) >= 11 is 0. The van der Waals surface area contributed by atoms with Crippen molar-refractivity contribution in [3.05, 3.63) is 0 Å². The summed E-state index contributed by atoms with van der Waals surface area (Å²) in [6.45, 7) is 3.97. The van der Waals surface area contributed by atoms with E-state index in [-0.39, 0.29) is 12.1 Å². The van der Waals surface area contributed by atoms with Crippen LogP contribution in [0.15, 0.2) is 0 Å². The van der Waals surface area contributed by atoms with Gasteiger partial charge in [0.2, 0.25) is 0 Å². The fourth-order valence-corrected chi connectivity index (χ4v) is 2.89. The van der Waals surface area contributed by atoms with E-state index in [1.54, 1.807) is 0 Å². The van der Waals surface area contributed by atoms with Gasteiger partial charge in [0.1, 0.15) is 0 Å². The van der Waals surface area contributed by atoms with Crippen molar-refractivity contribution in [3.8, 4) is 0 Å². The third-order valence-corrected chi connectivity index (χ3v) is 3.47. The van der Waals surface area contributed by atoms with Gasteiger partial charge in [0.05, 0.1) is 0 Å². The predicted octanol–water partition coefficient (Wildman–Crippen LogP) is 1.88. The minimum Gasteiger partial charge on any atom is -0.336 e. The fourth-order valence-electron chi connectivity index (χ4n) is 2.89. The molecule has 3 nitrogen and oxygen atoms in total. The molecule has 0 saturated heterocycles. The lowest BCUT2D eigenvalue weighted by Crippen LogP contribution is -2.46. The molecule has 0 aromatic heterocycles. The minimum atomic E-state index is 0.0116. The lowest BCUT2D eigenvalue weighted by Gasteiger charge is -2.23. The Morgan fingerprint density at radius 2 is 2.07 bits per heavy atom. The summed E-state index contributed by atoms with van der Waals surface area (Å²) in [6.07, 6.45) is 5.24. The van der Waals surface area contributed by atoms with Gasteiger partial charge in [-0.1, -0.05) is 6.42 Å². The molecule has 2 aliphatic rings. The zero-order valence-electron chi connectivity index (χ0n) is 9.05. The Labute approximate surface area is 85.6 Å². The minimum absolute atomic E-state index is 0.0116. The van der Waals surface area contributed by atoms with Gasteiger partial charge in [-0.25, -0.2) is 4.79 Å². The van der Waals surface area contributed by atoms with E-state index in [0.717, 1.165) is 11.8 Å². The lowest BCUT2D eigenvalue weighted by molar-refractivity contribution is 0.228. The zero-order chi connectivity index (χ0) is 10.1. The second-order valence-corrected chi connectivity index (χ2v) is 5.05. The normalized spacial score (nSPS) is 34.9. The van der Waals surface area contributed by atoms with E-state index >= 15 is 0 Å². The van der Waals surface area contributed by atoms with Gasteiger partial charge in [-0.15, -0.1) is 0 Å². The molecule has 3 atom stereocenters. The molecule has 14 heavy (non-hydrogen) atoms. The first-order valence-electron chi connectivity index (χ1n) is 5.72. The molecule has 2 amide bonds. The Bertz CT molecular complexity index is 227. The first-order chi connectivity index (χ1) is 6.65. The van der Waals surface area contributed by atoms with Gasteiger partial charge < -0.3 is 10.6 Å². The average Bonchev–Trinajstić information content (AvgIpc) is 2.62. The van der Waals surface area contributed by atoms with Crippen LogP contribution in [-0.4, -0.2) is 18.1 Å². The molecule has 2 fully saturated rings. The predicted molar refractivity (Wildman–Crippen MR) is 56.0 cm³/mol. The zero-order valence-corrected chi connectivity index (χ0v) is 9.05. The van der Waals surface area contributed by atoms with E-state index in [2.05, 4.69) is 10.6 Å². The number of carbonyl (C=O) groups is 1. The van der Waals surface area contributed by atoms with Gasteiger partial charge in [0, 0.05) is 12.1 Å². The van der Waals surface area contributed by atoms with E-state index in [0.29, 0.717) is 6.04 Å². The van der Waals surface area contributed by atoms with Gasteiger partial charge in [-0.2, -0.15) is 0 Å². The number of carbonyl (C=O) groups excluding carboxylic acids is 1. The van der Waals surface area contributed by atoms with Crippen molar-refractivity contribution in [2.24, 2.45) is 11.8 Å². The quantitative estimate of drug-likeness (QED) is 0.695. The lowest BCUT2D eigenvalue weighted by atomic mass is 9.95. The van der Waals surface area contributed by atoms with Crippen LogP contribution in [0.3, 0.4) is 0 Å². The molecule has 0 spiro atoms. The number of hydrogen-bond donors (Lipinski definition) is 2. The van der Waals surface area contributed by atoms with Crippen LogP contribution in [0.2, 0.25) is 0 Å². The molecule has 0 aliphatic heterocycles. The first-order valence-corrected chi connectivity index (χ1v) is 5.72. The summed E-state index contributed by atoms with van der Waals surface area (Å²) in [5.41, 5.74) is 0. The number of amides is 2. The molecule has 2 bridgehead atoms. The van der Waals surface area contributed by atoms with Gasteiger partial charge in [0.25, 0.3) is 0 Å². The molecule has 0 aromatic carbocycles. The third-order valence-electron chi connectivity index (χ3n) is 3.47. The van der Waals surface area contributed by atoms with Crippen molar-refractivity contribution in [1.82, 2.24) is 10.6 Å². The number of nitrogens with one attached hydrogen (secondary N) is 2. The maximum Gasteiger partial charge on any atom is 0.315 e. The highest BCUT2D eigenvalue weighted by atomic mass is 16.2. The van der Waals surface area contributed by atoms with Crippen LogP contribution in [-0.2, 0) is 0 Å². The molecular weight excluding hydrogens is 176 g/mol. The van der Waals surface area contributed by atoms with Gasteiger partial charge in [-0.05, 0) is 44.9 Å². The van der Waals surface area contributed by atoms with Crippen LogP contribution in [0.25, 0.3) is 0 Å². The summed E-state index contributed by atoms with van der Waals surface area (Å²) in [5, 5.41) is 5.97. The fraction of sp³-hybridized carbons (Fsp3) is 0.909. The highest BCUT2D eigenvalue weighted by Crippen LogP contribution is 2.44. The Morgan fingerprint density at radius 1 is 1.29 bits per heavy atom. The SMILES string of the molecule is CC(C)NC(=O)NC1CC2CCC1C2. The van der Waals surface area contributed by atoms with Gasteiger partial charge >= 0.3 is 6.03 Å². The number of urea groups is 1. The maximum atomic E-state index is 11.5. The second kappa shape index (κ2) is 3.79. The van der Waals surface area contributed by atoms with Crippen molar-refractivity contribution in [3.63, 3.8) is 0 Å². The topological polar surface area (TPSA) is 41.1 Å². The van der Waals surface area contributed by atoms with Crippen LogP contribution in [0.4, 0.5) is 4.79 Å². The smallest absolute Gasteiger partial charge is 0.315 e. The van der Waals surface area contributed by atoms with E-state index in [4.69, 9.17) is 0 Å². The van der Waals surface area contributed by atoms with Crippen LogP contribution in [0, 0.1) is 11.8 Å². The van der Waals surface area contributed by atoms with Crippen LogP contribution < -0.4 is 10.6 Å². The van der Waals surface area contributed by atoms with Crippen LogP contribution in [0.1, 0.15) is 39.5 Å². The average molecular weight is 196 g/mol. The summed E-state index contributed by atoms with van der Waals surface area (Å²) in [6, 6.07) is 0.693. The van der Waals surface area contributed by atoms with Crippen LogP contribution >= 0.6 is 0 Å². The molecule has 3 heteroatoms. The molecule has 80 valence electrons. The molecule has 0 radical (unpaired) electrons. The van der Waals surface area contributed by atoms with Crippen molar-refractivity contribution in [1.29, 1.82) is 0 Å². The van der Waals surface area contributed by atoms with Gasteiger partial charge in [0.15, 0.2) is 0 Å². The van der Waals surface area contributed by atoms with Crippen molar-refractivity contribution in [2.75, 3.05) is 0 Å². The largest absolute Gasteiger partial charge is 0.336 e. The Kier molecular flexibility index (Phi) is 2.66. The van der Waals surface area contributed by atoms with E-state index < -0.39 is 0 Å². The highest BCUT2D eigenvalue weighted by molar-refractivity contribution is 5.74. The second-order valence-electron chi connectivity index (χ2n) is 5.05. The number of rotatable bonds is 2.